The van der Waals surface area contributed by atoms with Crippen LogP contribution >= 0.6 is 0 Å². The van der Waals surface area contributed by atoms with Crippen LogP contribution in [0.3, 0.4) is 0 Å². The van der Waals surface area contributed by atoms with Crippen molar-refractivity contribution < 1.29 is 22.2 Å². The molecule has 0 N–H and O–H groups in total. The van der Waals surface area contributed by atoms with E-state index in [0.717, 1.165) is 11.2 Å². The Morgan fingerprint density at radius 1 is 1.29 bits per heavy atom. The van der Waals surface area contributed by atoms with Crippen molar-refractivity contribution in [1.29, 1.82) is 0 Å². The molecule has 0 radical (unpaired) electrons. The Balaban J connectivity index is 2.38. The predicted octanol–water partition coefficient (Wildman–Crippen LogP) is -0.888. The van der Waals surface area contributed by atoms with Crippen molar-refractivity contribution >= 4 is 21.9 Å². The number of nitrogens with zero attached hydrogens (tertiary/aromatic N) is 1. The highest BCUT2D eigenvalue weighted by molar-refractivity contribution is 7.85. The average Bonchev–Trinajstić information content (AvgIpc) is 2.33. The van der Waals surface area contributed by atoms with Crippen LogP contribution in [-0.4, -0.2) is 44.5 Å². The fourth-order valence-corrected chi connectivity index (χ4v) is 1.53. The smallest absolute Gasteiger partial charge is 0.264 e. The average molecular weight is 221 g/mol. The monoisotopic (exact) mass is 221 g/mol. The van der Waals surface area contributed by atoms with E-state index in [9.17, 15) is 18.0 Å². The topological polar surface area (TPSA) is 80.8 Å². The molecule has 0 aliphatic carbocycles. The zero-order valence-electron chi connectivity index (χ0n) is 7.73. The number of hydrogen-bond acceptors (Lipinski definition) is 5. The third-order valence-corrected chi connectivity index (χ3v) is 2.36. The van der Waals surface area contributed by atoms with Crippen LogP contribution in [0.4, 0.5) is 0 Å². The van der Waals surface area contributed by atoms with E-state index in [0.29, 0.717) is 0 Å². The fraction of sp³-hybridized carbons (Fsp3) is 0.714. The molecule has 0 spiro atoms. The predicted molar refractivity (Wildman–Crippen MR) is 46.7 cm³/mol. The summed E-state index contributed by atoms with van der Waals surface area (Å²) < 4.78 is 25.5. The second-order valence-corrected chi connectivity index (χ2v) is 4.61. The zero-order valence-corrected chi connectivity index (χ0v) is 8.54. The van der Waals surface area contributed by atoms with Crippen LogP contribution < -0.4 is 0 Å². The van der Waals surface area contributed by atoms with Gasteiger partial charge < -0.3 is 0 Å². The molecule has 1 aliphatic heterocycles. The van der Waals surface area contributed by atoms with E-state index in [1.165, 1.54) is 0 Å². The quantitative estimate of drug-likeness (QED) is 0.454. The SMILES string of the molecule is CS(=O)(=O)OCCN1C(=O)CCC1=O. The van der Waals surface area contributed by atoms with E-state index in [2.05, 4.69) is 4.18 Å². The minimum absolute atomic E-state index is 0.00470. The van der Waals surface area contributed by atoms with E-state index < -0.39 is 10.1 Å². The molecule has 0 bridgehead atoms. The van der Waals surface area contributed by atoms with Gasteiger partial charge in [0.05, 0.1) is 19.4 Å². The Bertz CT molecular complexity index is 331. The molecule has 1 rings (SSSR count). The number of carbonyl (C=O) groups excluding carboxylic acids is 2. The van der Waals surface area contributed by atoms with E-state index in [1.54, 1.807) is 0 Å². The Labute approximate surface area is 82.0 Å². The van der Waals surface area contributed by atoms with E-state index >= 15 is 0 Å². The van der Waals surface area contributed by atoms with Gasteiger partial charge in [-0.25, -0.2) is 0 Å². The minimum Gasteiger partial charge on any atom is -0.280 e. The Morgan fingerprint density at radius 3 is 2.21 bits per heavy atom. The number of amides is 2. The molecule has 7 heteroatoms. The molecule has 0 atom stereocenters. The molecule has 80 valence electrons. The number of hydrogen-bond donors (Lipinski definition) is 0. The first-order valence-electron chi connectivity index (χ1n) is 4.08. The number of imide groups is 1. The maximum absolute atomic E-state index is 11.0. The molecule has 0 unspecified atom stereocenters. The van der Waals surface area contributed by atoms with Gasteiger partial charge in [-0.2, -0.15) is 8.42 Å². The lowest BCUT2D eigenvalue weighted by Gasteiger charge is -2.12. The highest BCUT2D eigenvalue weighted by Crippen LogP contribution is 2.10. The van der Waals surface area contributed by atoms with Gasteiger partial charge in [-0.1, -0.05) is 0 Å². The van der Waals surface area contributed by atoms with E-state index in [1.807, 2.05) is 0 Å². The lowest BCUT2D eigenvalue weighted by atomic mass is 10.4. The van der Waals surface area contributed by atoms with Gasteiger partial charge in [0.2, 0.25) is 11.8 Å². The van der Waals surface area contributed by atoms with E-state index in [4.69, 9.17) is 0 Å². The molecule has 2 amide bonds. The van der Waals surface area contributed by atoms with Gasteiger partial charge in [0.1, 0.15) is 0 Å². The maximum atomic E-state index is 11.0. The second kappa shape index (κ2) is 4.05. The van der Waals surface area contributed by atoms with Gasteiger partial charge in [0, 0.05) is 12.8 Å². The molecule has 1 aliphatic rings. The van der Waals surface area contributed by atoms with Crippen LogP contribution in [0.15, 0.2) is 0 Å². The lowest BCUT2D eigenvalue weighted by molar-refractivity contribution is -0.138. The molecular weight excluding hydrogens is 210 g/mol. The largest absolute Gasteiger partial charge is 0.280 e. The summed E-state index contributed by atoms with van der Waals surface area (Å²) in [4.78, 5) is 23.1. The van der Waals surface area contributed by atoms with Crippen LogP contribution in [0.2, 0.25) is 0 Å². The maximum Gasteiger partial charge on any atom is 0.264 e. The highest BCUT2D eigenvalue weighted by Gasteiger charge is 2.28. The van der Waals surface area contributed by atoms with Crippen molar-refractivity contribution in [2.45, 2.75) is 12.8 Å². The zero-order chi connectivity index (χ0) is 10.8. The van der Waals surface area contributed by atoms with E-state index in [-0.39, 0.29) is 37.8 Å². The van der Waals surface area contributed by atoms with Crippen LogP contribution in [0.25, 0.3) is 0 Å². The van der Waals surface area contributed by atoms with Crippen molar-refractivity contribution in [3.63, 3.8) is 0 Å². The van der Waals surface area contributed by atoms with Crippen LogP contribution in [-0.2, 0) is 23.9 Å². The summed E-state index contributed by atoms with van der Waals surface area (Å²) >= 11 is 0. The summed E-state index contributed by atoms with van der Waals surface area (Å²) in [5.41, 5.74) is 0. The number of likely N-dealkylation sites (tertiary alicyclic amines) is 1. The Kier molecular flexibility index (Phi) is 3.22. The van der Waals surface area contributed by atoms with Crippen LogP contribution in [0, 0.1) is 0 Å². The Morgan fingerprint density at radius 2 is 1.79 bits per heavy atom. The summed E-state index contributed by atoms with van der Waals surface area (Å²) in [6.07, 6.45) is 1.33. The van der Waals surface area contributed by atoms with Crippen molar-refractivity contribution in [1.82, 2.24) is 4.90 Å². The van der Waals surface area contributed by atoms with Crippen LogP contribution in [0.1, 0.15) is 12.8 Å². The first-order chi connectivity index (χ1) is 6.40. The molecule has 1 fully saturated rings. The van der Waals surface area contributed by atoms with Crippen molar-refractivity contribution in [2.75, 3.05) is 19.4 Å². The standard InChI is InChI=1S/C7H11NO5S/c1-14(11,12)13-5-4-8-6(9)2-3-7(8)10/h2-5H2,1H3. The van der Waals surface area contributed by atoms with Gasteiger partial charge in [0.25, 0.3) is 10.1 Å². The first-order valence-corrected chi connectivity index (χ1v) is 5.89. The molecule has 6 nitrogen and oxygen atoms in total. The molecule has 0 saturated carbocycles. The molecule has 1 heterocycles. The summed E-state index contributed by atoms with van der Waals surface area (Å²) in [7, 11) is -3.50. The van der Waals surface area contributed by atoms with Gasteiger partial charge in [-0.15, -0.1) is 0 Å². The Hall–Kier alpha value is -0.950. The molecular formula is C7H11NO5S. The summed E-state index contributed by atoms with van der Waals surface area (Å²) in [5.74, 6) is -0.542. The van der Waals surface area contributed by atoms with Crippen LogP contribution in [0.5, 0.6) is 0 Å². The van der Waals surface area contributed by atoms with Gasteiger partial charge >= 0.3 is 0 Å². The summed E-state index contributed by atoms with van der Waals surface area (Å²) in [6.45, 7) is -0.166. The second-order valence-electron chi connectivity index (χ2n) is 2.97. The molecule has 0 aromatic rings. The molecule has 1 saturated heterocycles. The molecule has 0 aromatic heterocycles. The third kappa shape index (κ3) is 3.08. The normalized spacial score (nSPS) is 17.9. The van der Waals surface area contributed by atoms with Gasteiger partial charge in [-0.05, 0) is 0 Å². The van der Waals surface area contributed by atoms with Crippen molar-refractivity contribution in [3.8, 4) is 0 Å². The lowest BCUT2D eigenvalue weighted by Crippen LogP contribution is -2.32. The highest BCUT2D eigenvalue weighted by atomic mass is 32.2. The minimum atomic E-state index is -3.50. The third-order valence-electron chi connectivity index (χ3n) is 1.77. The summed E-state index contributed by atoms with van der Waals surface area (Å²) in [5, 5.41) is 0. The molecule has 14 heavy (non-hydrogen) atoms. The summed E-state index contributed by atoms with van der Waals surface area (Å²) in [6, 6.07) is 0. The van der Waals surface area contributed by atoms with Crippen molar-refractivity contribution in [3.05, 3.63) is 0 Å². The van der Waals surface area contributed by atoms with Gasteiger partial charge in [-0.3, -0.25) is 18.7 Å². The van der Waals surface area contributed by atoms with Crippen molar-refractivity contribution in [2.24, 2.45) is 0 Å². The first kappa shape index (κ1) is 11.1. The fourth-order valence-electron chi connectivity index (χ4n) is 1.15. The molecule has 0 aromatic carbocycles. The number of carbonyl (C=O) groups is 2. The van der Waals surface area contributed by atoms with Gasteiger partial charge in [0.15, 0.2) is 0 Å². The number of rotatable bonds is 4.